The molecule has 0 aromatic rings. The molecule has 1 atom stereocenters. The third-order valence-electron chi connectivity index (χ3n) is 3.91. The second-order valence-electron chi connectivity index (χ2n) is 6.52. The Labute approximate surface area is 135 Å². The molecule has 1 N–H and O–H groups in total. The summed E-state index contributed by atoms with van der Waals surface area (Å²) in [6.07, 6.45) is 12.2. The van der Waals surface area contributed by atoms with Crippen molar-refractivity contribution in [3.8, 4) is 0 Å². The van der Waals surface area contributed by atoms with Crippen molar-refractivity contribution in [3.05, 3.63) is 59.8 Å². The summed E-state index contributed by atoms with van der Waals surface area (Å²) in [5.41, 5.74) is 3.20. The summed E-state index contributed by atoms with van der Waals surface area (Å²) < 4.78 is 0. The van der Waals surface area contributed by atoms with Crippen LogP contribution in [0.5, 0.6) is 0 Å². The van der Waals surface area contributed by atoms with Crippen LogP contribution in [-0.4, -0.2) is 11.1 Å². The molecule has 0 saturated heterocycles. The fourth-order valence-electron chi connectivity index (χ4n) is 2.21. The molecule has 1 unspecified atom stereocenters. The van der Waals surface area contributed by atoms with Crippen LogP contribution in [0, 0.1) is 11.3 Å². The highest BCUT2D eigenvalue weighted by molar-refractivity contribution is 5.81. The van der Waals surface area contributed by atoms with Crippen LogP contribution in [0.4, 0.5) is 0 Å². The van der Waals surface area contributed by atoms with Crippen molar-refractivity contribution in [1.29, 1.82) is 0 Å². The van der Waals surface area contributed by atoms with Crippen LogP contribution in [0.3, 0.4) is 0 Å². The van der Waals surface area contributed by atoms with Crippen molar-refractivity contribution in [2.24, 2.45) is 11.3 Å². The summed E-state index contributed by atoms with van der Waals surface area (Å²) in [4.78, 5) is 10.5. The van der Waals surface area contributed by atoms with E-state index in [4.69, 9.17) is 5.11 Å². The second-order valence-corrected chi connectivity index (χ2v) is 6.52. The Bertz CT molecular complexity index is 514. The minimum absolute atomic E-state index is 0.194. The highest BCUT2D eigenvalue weighted by Gasteiger charge is 2.25. The van der Waals surface area contributed by atoms with Crippen molar-refractivity contribution >= 4 is 5.97 Å². The lowest BCUT2D eigenvalue weighted by molar-refractivity contribution is -0.131. The van der Waals surface area contributed by atoms with E-state index in [1.54, 1.807) is 13.0 Å². The van der Waals surface area contributed by atoms with Gasteiger partial charge in [0.1, 0.15) is 0 Å². The maximum Gasteiger partial charge on any atom is 0.328 e. The molecular weight excluding hydrogens is 272 g/mol. The molecule has 0 bridgehead atoms. The summed E-state index contributed by atoms with van der Waals surface area (Å²) in [5.74, 6) is -0.577. The van der Waals surface area contributed by atoms with Crippen LogP contribution < -0.4 is 0 Å². The molecule has 0 amide bonds. The van der Waals surface area contributed by atoms with Gasteiger partial charge in [0, 0.05) is 12.0 Å². The largest absolute Gasteiger partial charge is 0.478 e. The number of carbonyl (C=O) groups is 1. The fourth-order valence-corrected chi connectivity index (χ4v) is 2.21. The Morgan fingerprint density at radius 2 is 1.77 bits per heavy atom. The molecule has 0 heterocycles. The van der Waals surface area contributed by atoms with E-state index in [1.807, 2.05) is 19.1 Å². The molecule has 0 fully saturated rings. The summed E-state index contributed by atoms with van der Waals surface area (Å²) in [6, 6.07) is 0. The standard InChI is InChI=1S/C20H30O2/c1-8-20(6,7)18(15(2)3)13-12-16(4)10-9-11-17(5)14-19(21)22/h9-14,18H,2,8H2,1,3-7H3,(H,21,22)/b11-9+,13-12+,16-10-,17-14+. The topological polar surface area (TPSA) is 37.3 Å². The first-order valence-corrected chi connectivity index (χ1v) is 7.70. The first kappa shape index (κ1) is 20.2. The van der Waals surface area contributed by atoms with Gasteiger partial charge < -0.3 is 5.11 Å². The lowest BCUT2D eigenvalue weighted by Gasteiger charge is -2.32. The molecule has 0 aromatic heterocycles. The number of carboxylic acid groups (broad SMARTS) is 1. The molecule has 0 aliphatic heterocycles. The first-order chi connectivity index (χ1) is 10.1. The molecule has 2 heteroatoms. The van der Waals surface area contributed by atoms with Gasteiger partial charge in [-0.2, -0.15) is 0 Å². The van der Waals surface area contributed by atoms with Gasteiger partial charge in [0.05, 0.1) is 0 Å². The van der Waals surface area contributed by atoms with E-state index < -0.39 is 5.97 Å². The van der Waals surface area contributed by atoms with Crippen LogP contribution in [0.25, 0.3) is 0 Å². The van der Waals surface area contributed by atoms with E-state index in [2.05, 4.69) is 46.4 Å². The third-order valence-corrected chi connectivity index (χ3v) is 3.91. The van der Waals surface area contributed by atoms with Gasteiger partial charge in [0.15, 0.2) is 0 Å². The monoisotopic (exact) mass is 302 g/mol. The molecule has 0 radical (unpaired) electrons. The quantitative estimate of drug-likeness (QED) is 0.354. The zero-order chi connectivity index (χ0) is 17.3. The predicted molar refractivity (Wildman–Crippen MR) is 95.8 cm³/mol. The summed E-state index contributed by atoms with van der Waals surface area (Å²) in [7, 11) is 0. The molecule has 22 heavy (non-hydrogen) atoms. The van der Waals surface area contributed by atoms with E-state index >= 15 is 0 Å². The molecule has 0 spiro atoms. The minimum Gasteiger partial charge on any atom is -0.478 e. The zero-order valence-electron chi connectivity index (χ0n) is 14.8. The SMILES string of the molecule is C=C(C)C(/C=C/C(C)=C\C=C\C(C)=C\C(=O)O)C(C)(C)CC. The average Bonchev–Trinajstić information content (AvgIpc) is 2.37. The van der Waals surface area contributed by atoms with E-state index in [-0.39, 0.29) is 5.41 Å². The number of rotatable bonds is 8. The van der Waals surface area contributed by atoms with Gasteiger partial charge >= 0.3 is 5.97 Å². The smallest absolute Gasteiger partial charge is 0.328 e. The molecule has 0 rings (SSSR count). The van der Waals surface area contributed by atoms with E-state index in [0.717, 1.165) is 12.0 Å². The highest BCUT2D eigenvalue weighted by atomic mass is 16.4. The molecular formula is C20H30O2. The van der Waals surface area contributed by atoms with Crippen molar-refractivity contribution in [1.82, 2.24) is 0 Å². The Hall–Kier alpha value is -1.83. The van der Waals surface area contributed by atoms with Crippen LogP contribution >= 0.6 is 0 Å². The van der Waals surface area contributed by atoms with Crippen LogP contribution in [-0.2, 0) is 4.79 Å². The lowest BCUT2D eigenvalue weighted by atomic mass is 9.73. The van der Waals surface area contributed by atoms with Crippen molar-refractivity contribution in [2.75, 3.05) is 0 Å². The van der Waals surface area contributed by atoms with Crippen molar-refractivity contribution in [2.45, 2.75) is 48.0 Å². The van der Waals surface area contributed by atoms with Gasteiger partial charge in [-0.05, 0) is 31.8 Å². The summed E-state index contributed by atoms with van der Waals surface area (Å²) in [6.45, 7) is 16.7. The van der Waals surface area contributed by atoms with Crippen molar-refractivity contribution < 1.29 is 9.90 Å². The Balaban J connectivity index is 4.98. The Morgan fingerprint density at radius 1 is 1.18 bits per heavy atom. The number of hydrogen-bond acceptors (Lipinski definition) is 1. The number of hydrogen-bond donors (Lipinski definition) is 1. The Kier molecular flexibility index (Phi) is 8.47. The van der Waals surface area contributed by atoms with E-state index in [0.29, 0.717) is 11.5 Å². The maximum absolute atomic E-state index is 10.5. The van der Waals surface area contributed by atoms with Crippen molar-refractivity contribution in [3.63, 3.8) is 0 Å². The van der Waals surface area contributed by atoms with Gasteiger partial charge in [-0.15, -0.1) is 0 Å². The number of allylic oxidation sites excluding steroid dienone is 8. The van der Waals surface area contributed by atoms with Gasteiger partial charge in [0.2, 0.25) is 0 Å². The molecule has 0 aliphatic rings. The summed E-state index contributed by atoms with van der Waals surface area (Å²) in [5, 5.41) is 8.64. The molecule has 0 saturated carbocycles. The highest BCUT2D eigenvalue weighted by Crippen LogP contribution is 2.36. The summed E-state index contributed by atoms with van der Waals surface area (Å²) >= 11 is 0. The molecule has 122 valence electrons. The van der Waals surface area contributed by atoms with Gasteiger partial charge in [-0.25, -0.2) is 4.79 Å². The van der Waals surface area contributed by atoms with Crippen LogP contribution in [0.1, 0.15) is 48.0 Å². The first-order valence-electron chi connectivity index (χ1n) is 7.70. The van der Waals surface area contributed by atoms with E-state index in [9.17, 15) is 4.79 Å². The number of carboxylic acids is 1. The third kappa shape index (κ3) is 7.82. The maximum atomic E-state index is 10.5. The zero-order valence-corrected chi connectivity index (χ0v) is 14.8. The fraction of sp³-hybridized carbons (Fsp3) is 0.450. The minimum atomic E-state index is -0.922. The van der Waals surface area contributed by atoms with Gasteiger partial charge in [-0.1, -0.05) is 75.3 Å². The van der Waals surface area contributed by atoms with Crippen LogP contribution in [0.15, 0.2) is 59.8 Å². The normalized spacial score (nSPS) is 15.5. The van der Waals surface area contributed by atoms with Gasteiger partial charge in [-0.3, -0.25) is 0 Å². The second kappa shape index (κ2) is 9.24. The molecule has 2 nitrogen and oxygen atoms in total. The van der Waals surface area contributed by atoms with Gasteiger partial charge in [0.25, 0.3) is 0 Å². The average molecular weight is 302 g/mol. The molecule has 0 aromatic carbocycles. The molecule has 0 aliphatic carbocycles. The van der Waals surface area contributed by atoms with Crippen LogP contribution in [0.2, 0.25) is 0 Å². The predicted octanol–water partition coefficient (Wildman–Crippen LogP) is 5.70. The lowest BCUT2D eigenvalue weighted by Crippen LogP contribution is -2.22. The number of aliphatic carboxylic acids is 1. The van der Waals surface area contributed by atoms with E-state index in [1.165, 1.54) is 11.6 Å². The Morgan fingerprint density at radius 3 is 2.23 bits per heavy atom.